The van der Waals surface area contributed by atoms with Gasteiger partial charge in [0.2, 0.25) is 0 Å². The smallest absolute Gasteiger partial charge is 0.314 e. The molecular weight excluding hydrogens is 351 g/mol. The normalized spacial score (nSPS) is 10.2. The first-order valence-electron chi connectivity index (χ1n) is 8.62. The number of hydrogen-bond acceptors (Lipinski definition) is 4. The second-order valence-corrected chi connectivity index (χ2v) is 5.83. The van der Waals surface area contributed by atoms with E-state index in [4.69, 9.17) is 14.2 Å². The Hall–Kier alpha value is -2.96. The molecule has 0 aliphatic heterocycles. The molecule has 0 saturated heterocycles. The summed E-state index contributed by atoms with van der Waals surface area (Å²) < 4.78 is 28.8. The summed E-state index contributed by atoms with van der Waals surface area (Å²) in [5, 5.41) is 5.59. The highest BCUT2D eigenvalue weighted by atomic mass is 19.1. The fraction of sp³-hybridized carbons (Fsp3) is 0.350. The summed E-state index contributed by atoms with van der Waals surface area (Å²) in [7, 11) is 4.72. The Balaban J connectivity index is 1.79. The third-order valence-electron chi connectivity index (χ3n) is 4.08. The van der Waals surface area contributed by atoms with Crippen molar-refractivity contribution in [1.82, 2.24) is 10.6 Å². The van der Waals surface area contributed by atoms with E-state index in [2.05, 4.69) is 10.6 Å². The van der Waals surface area contributed by atoms with Crippen molar-refractivity contribution >= 4 is 6.03 Å². The van der Waals surface area contributed by atoms with Crippen LogP contribution in [-0.4, -0.2) is 40.5 Å². The highest BCUT2D eigenvalue weighted by molar-refractivity contribution is 5.73. The maximum absolute atomic E-state index is 12.9. The number of benzene rings is 2. The predicted molar refractivity (Wildman–Crippen MR) is 101 cm³/mol. The van der Waals surface area contributed by atoms with Gasteiger partial charge in [-0.05, 0) is 42.2 Å². The van der Waals surface area contributed by atoms with Crippen LogP contribution in [0, 0.1) is 5.82 Å². The standard InChI is InChI=1S/C20H25FN2O4/c1-25-17-13-19(27-3)18(26-2)12-15(17)9-11-23-20(24)22-10-8-14-4-6-16(21)7-5-14/h4-7,12-13H,8-11H2,1-3H3,(H2,22,23,24). The van der Waals surface area contributed by atoms with Gasteiger partial charge in [-0.15, -0.1) is 0 Å². The lowest BCUT2D eigenvalue weighted by Gasteiger charge is -2.14. The number of urea groups is 1. The molecule has 0 unspecified atom stereocenters. The van der Waals surface area contributed by atoms with Gasteiger partial charge in [-0.2, -0.15) is 0 Å². The van der Waals surface area contributed by atoms with E-state index in [0.717, 1.165) is 11.1 Å². The van der Waals surface area contributed by atoms with Gasteiger partial charge < -0.3 is 24.8 Å². The summed E-state index contributed by atoms with van der Waals surface area (Å²) in [5.74, 6) is 1.60. The summed E-state index contributed by atoms with van der Waals surface area (Å²) >= 11 is 0. The molecule has 2 N–H and O–H groups in total. The highest BCUT2D eigenvalue weighted by Crippen LogP contribution is 2.34. The molecule has 2 aromatic carbocycles. The Labute approximate surface area is 158 Å². The van der Waals surface area contributed by atoms with Crippen molar-refractivity contribution in [3.05, 3.63) is 53.3 Å². The highest BCUT2D eigenvalue weighted by Gasteiger charge is 2.12. The summed E-state index contributed by atoms with van der Waals surface area (Å²) in [4.78, 5) is 11.9. The van der Waals surface area contributed by atoms with E-state index in [1.165, 1.54) is 12.1 Å². The maximum Gasteiger partial charge on any atom is 0.314 e. The molecule has 0 fully saturated rings. The number of ether oxygens (including phenoxy) is 3. The summed E-state index contributed by atoms with van der Waals surface area (Å²) in [6.07, 6.45) is 1.21. The van der Waals surface area contributed by atoms with E-state index in [-0.39, 0.29) is 11.8 Å². The molecule has 146 valence electrons. The second-order valence-electron chi connectivity index (χ2n) is 5.83. The van der Waals surface area contributed by atoms with Crippen LogP contribution in [0.2, 0.25) is 0 Å². The van der Waals surface area contributed by atoms with Gasteiger partial charge in [0.15, 0.2) is 11.5 Å². The molecule has 0 bridgehead atoms. The third kappa shape index (κ3) is 6.06. The van der Waals surface area contributed by atoms with Gasteiger partial charge in [0.25, 0.3) is 0 Å². The fourth-order valence-electron chi connectivity index (χ4n) is 2.63. The van der Waals surface area contributed by atoms with Gasteiger partial charge in [0.05, 0.1) is 21.3 Å². The van der Waals surface area contributed by atoms with Crippen LogP contribution in [0.15, 0.2) is 36.4 Å². The molecule has 0 atom stereocenters. The van der Waals surface area contributed by atoms with Crippen LogP contribution in [0.1, 0.15) is 11.1 Å². The van der Waals surface area contributed by atoms with E-state index in [9.17, 15) is 9.18 Å². The van der Waals surface area contributed by atoms with Crippen LogP contribution in [0.25, 0.3) is 0 Å². The van der Waals surface area contributed by atoms with Gasteiger partial charge in [-0.1, -0.05) is 12.1 Å². The number of halogens is 1. The average Bonchev–Trinajstić information content (AvgIpc) is 2.69. The molecule has 0 aliphatic carbocycles. The molecule has 0 radical (unpaired) electrons. The maximum atomic E-state index is 12.9. The van der Waals surface area contributed by atoms with Gasteiger partial charge in [-0.3, -0.25) is 0 Å². The van der Waals surface area contributed by atoms with E-state index in [1.807, 2.05) is 6.07 Å². The Kier molecular flexibility index (Phi) is 7.73. The number of methoxy groups -OCH3 is 3. The van der Waals surface area contributed by atoms with Crippen molar-refractivity contribution in [1.29, 1.82) is 0 Å². The van der Waals surface area contributed by atoms with Crippen LogP contribution >= 0.6 is 0 Å². The van der Waals surface area contributed by atoms with Crippen molar-refractivity contribution in [3.8, 4) is 17.2 Å². The van der Waals surface area contributed by atoms with Crippen molar-refractivity contribution in [2.45, 2.75) is 12.8 Å². The number of carbonyl (C=O) groups is 1. The molecule has 7 heteroatoms. The number of amides is 2. The molecule has 0 aromatic heterocycles. The quantitative estimate of drug-likeness (QED) is 0.706. The number of hydrogen-bond donors (Lipinski definition) is 2. The second kappa shape index (κ2) is 10.3. The zero-order valence-electron chi connectivity index (χ0n) is 15.8. The van der Waals surface area contributed by atoms with Crippen LogP contribution in [0.4, 0.5) is 9.18 Å². The third-order valence-corrected chi connectivity index (χ3v) is 4.08. The van der Waals surface area contributed by atoms with Crippen molar-refractivity contribution in [2.75, 3.05) is 34.4 Å². The summed E-state index contributed by atoms with van der Waals surface area (Å²) in [5.41, 5.74) is 1.87. The lowest BCUT2D eigenvalue weighted by Crippen LogP contribution is -2.37. The molecule has 2 aromatic rings. The molecule has 27 heavy (non-hydrogen) atoms. The van der Waals surface area contributed by atoms with E-state index in [0.29, 0.717) is 43.2 Å². The number of carbonyl (C=O) groups excluding carboxylic acids is 1. The Morgan fingerprint density at radius 1 is 0.852 bits per heavy atom. The minimum atomic E-state index is -0.268. The van der Waals surface area contributed by atoms with Crippen molar-refractivity contribution < 1.29 is 23.4 Å². The monoisotopic (exact) mass is 376 g/mol. The Morgan fingerprint density at radius 3 is 2.00 bits per heavy atom. The molecule has 2 rings (SSSR count). The minimum Gasteiger partial charge on any atom is -0.496 e. The van der Waals surface area contributed by atoms with Gasteiger partial charge in [-0.25, -0.2) is 9.18 Å². The van der Waals surface area contributed by atoms with Gasteiger partial charge >= 0.3 is 6.03 Å². The molecule has 2 amide bonds. The first-order valence-corrected chi connectivity index (χ1v) is 8.62. The van der Waals surface area contributed by atoms with Crippen molar-refractivity contribution in [3.63, 3.8) is 0 Å². The van der Waals surface area contributed by atoms with Crippen LogP contribution < -0.4 is 24.8 Å². The van der Waals surface area contributed by atoms with Crippen LogP contribution in [-0.2, 0) is 12.8 Å². The first-order chi connectivity index (χ1) is 13.1. The Morgan fingerprint density at radius 2 is 1.41 bits per heavy atom. The summed E-state index contributed by atoms with van der Waals surface area (Å²) in [6.45, 7) is 0.908. The Bertz CT molecular complexity index is 750. The molecule has 0 heterocycles. The number of rotatable bonds is 9. The molecule has 0 saturated carbocycles. The fourth-order valence-corrected chi connectivity index (χ4v) is 2.63. The van der Waals surface area contributed by atoms with Crippen molar-refractivity contribution in [2.24, 2.45) is 0 Å². The SMILES string of the molecule is COc1cc(OC)c(OC)cc1CCNC(=O)NCCc1ccc(F)cc1. The average molecular weight is 376 g/mol. The largest absolute Gasteiger partial charge is 0.496 e. The lowest BCUT2D eigenvalue weighted by molar-refractivity contribution is 0.241. The van der Waals surface area contributed by atoms with E-state index in [1.54, 1.807) is 39.5 Å². The van der Waals surface area contributed by atoms with E-state index < -0.39 is 0 Å². The number of nitrogens with one attached hydrogen (secondary N) is 2. The molecule has 0 aliphatic rings. The minimum absolute atomic E-state index is 0.253. The summed E-state index contributed by atoms with van der Waals surface area (Å²) in [6, 6.07) is 9.58. The van der Waals surface area contributed by atoms with Crippen LogP contribution in [0.5, 0.6) is 17.2 Å². The predicted octanol–water partition coefficient (Wildman–Crippen LogP) is 2.94. The topological polar surface area (TPSA) is 68.8 Å². The van der Waals surface area contributed by atoms with E-state index >= 15 is 0 Å². The zero-order chi connectivity index (χ0) is 19.6. The van der Waals surface area contributed by atoms with Crippen LogP contribution in [0.3, 0.4) is 0 Å². The first kappa shape index (κ1) is 20.4. The lowest BCUT2D eigenvalue weighted by atomic mass is 10.1. The zero-order valence-corrected chi connectivity index (χ0v) is 15.8. The molecule has 0 spiro atoms. The molecule has 6 nitrogen and oxygen atoms in total. The van der Waals surface area contributed by atoms with Gasteiger partial charge in [0.1, 0.15) is 11.6 Å². The molecular formula is C20H25FN2O4. The van der Waals surface area contributed by atoms with Gasteiger partial charge in [0, 0.05) is 19.2 Å².